The average molecular weight is 299 g/mol. The highest BCUT2D eigenvalue weighted by atomic mass is 79.9. The van der Waals surface area contributed by atoms with Gasteiger partial charge in [-0.3, -0.25) is 0 Å². The normalized spacial score (nSPS) is 10.4. The number of fused-ring (bicyclic) bond motifs is 1. The maximum Gasteiger partial charge on any atom is 0.182 e. The van der Waals surface area contributed by atoms with E-state index in [1.807, 2.05) is 24.3 Å². The number of halogens is 1. The van der Waals surface area contributed by atoms with Gasteiger partial charge in [0.1, 0.15) is 6.07 Å². The first-order valence-electron chi connectivity index (χ1n) is 5.29. The van der Waals surface area contributed by atoms with Crippen LogP contribution in [0.4, 0.5) is 0 Å². The number of pyridine rings is 1. The third kappa shape index (κ3) is 1.87. The molecule has 3 rings (SSSR count). The summed E-state index contributed by atoms with van der Waals surface area (Å²) in [4.78, 5) is 4.42. The van der Waals surface area contributed by atoms with Crippen LogP contribution in [0.2, 0.25) is 0 Å². The molecule has 3 aromatic rings. The first-order valence-corrected chi connectivity index (χ1v) is 6.08. The van der Waals surface area contributed by atoms with Crippen molar-refractivity contribution in [2.45, 2.75) is 0 Å². The minimum absolute atomic E-state index is 0.565. The number of benzene rings is 1. The molecule has 0 saturated carbocycles. The van der Waals surface area contributed by atoms with Crippen molar-refractivity contribution in [2.75, 3.05) is 0 Å². The van der Waals surface area contributed by atoms with Gasteiger partial charge in [-0.2, -0.15) is 5.26 Å². The molecule has 0 aliphatic carbocycles. The first-order chi connectivity index (χ1) is 8.76. The molecule has 4 nitrogen and oxygen atoms in total. The summed E-state index contributed by atoms with van der Waals surface area (Å²) >= 11 is 3.39. The number of nitrogens with zero attached hydrogens (tertiary/aromatic N) is 4. The lowest BCUT2D eigenvalue weighted by Crippen LogP contribution is -1.88. The Kier molecular flexibility index (Phi) is 2.58. The standard InChI is InChI=1S/C13H7BrN4/c14-11-4-2-10(3-5-11)13-16-12-6-1-9(7-15)8-18(12)17-13/h1-6,8H. The van der Waals surface area contributed by atoms with E-state index < -0.39 is 0 Å². The molecule has 1 aromatic carbocycles. The molecule has 18 heavy (non-hydrogen) atoms. The molecule has 0 bridgehead atoms. The van der Waals surface area contributed by atoms with Crippen molar-refractivity contribution in [1.29, 1.82) is 5.26 Å². The Bertz CT molecular complexity index is 753. The summed E-state index contributed by atoms with van der Waals surface area (Å²) in [5.41, 5.74) is 2.24. The summed E-state index contributed by atoms with van der Waals surface area (Å²) in [7, 11) is 0. The number of aromatic nitrogens is 3. The quantitative estimate of drug-likeness (QED) is 0.694. The van der Waals surface area contributed by atoms with Gasteiger partial charge in [0.15, 0.2) is 11.5 Å². The predicted octanol–water partition coefficient (Wildman–Crippen LogP) is 3.03. The van der Waals surface area contributed by atoms with Crippen molar-refractivity contribution < 1.29 is 0 Å². The molecule has 0 aliphatic heterocycles. The maximum atomic E-state index is 8.83. The molecule has 0 N–H and O–H groups in total. The van der Waals surface area contributed by atoms with Crippen LogP contribution < -0.4 is 0 Å². The fraction of sp³-hybridized carbons (Fsp3) is 0. The van der Waals surface area contributed by atoms with Crippen molar-refractivity contribution in [3.63, 3.8) is 0 Å². The monoisotopic (exact) mass is 298 g/mol. The van der Waals surface area contributed by atoms with Crippen LogP contribution in [-0.2, 0) is 0 Å². The Morgan fingerprint density at radius 2 is 1.89 bits per heavy atom. The third-order valence-corrected chi connectivity index (χ3v) is 3.09. The Morgan fingerprint density at radius 1 is 1.11 bits per heavy atom. The molecule has 86 valence electrons. The zero-order valence-corrected chi connectivity index (χ0v) is 10.8. The third-order valence-electron chi connectivity index (χ3n) is 2.56. The Hall–Kier alpha value is -2.19. The maximum absolute atomic E-state index is 8.83. The van der Waals surface area contributed by atoms with Gasteiger partial charge in [-0.25, -0.2) is 9.50 Å². The lowest BCUT2D eigenvalue weighted by Gasteiger charge is -1.94. The largest absolute Gasteiger partial charge is 0.219 e. The summed E-state index contributed by atoms with van der Waals surface area (Å²) in [6, 6.07) is 13.4. The van der Waals surface area contributed by atoms with E-state index in [0.717, 1.165) is 15.7 Å². The zero-order valence-electron chi connectivity index (χ0n) is 9.21. The molecule has 2 heterocycles. The highest BCUT2D eigenvalue weighted by Gasteiger charge is 2.06. The molecular formula is C13H7BrN4. The highest BCUT2D eigenvalue weighted by molar-refractivity contribution is 9.10. The summed E-state index contributed by atoms with van der Waals surface area (Å²) in [6.07, 6.45) is 1.67. The number of hydrogen-bond acceptors (Lipinski definition) is 3. The highest BCUT2D eigenvalue weighted by Crippen LogP contribution is 2.19. The van der Waals surface area contributed by atoms with Crippen molar-refractivity contribution >= 4 is 21.6 Å². The van der Waals surface area contributed by atoms with Crippen molar-refractivity contribution in [1.82, 2.24) is 14.6 Å². The van der Waals surface area contributed by atoms with Gasteiger partial charge in [0.25, 0.3) is 0 Å². The van der Waals surface area contributed by atoms with Gasteiger partial charge in [-0.15, -0.1) is 5.10 Å². The van der Waals surface area contributed by atoms with Crippen LogP contribution in [0.25, 0.3) is 17.0 Å². The van der Waals surface area contributed by atoms with Crippen molar-refractivity contribution in [3.8, 4) is 17.5 Å². The van der Waals surface area contributed by atoms with Gasteiger partial charge < -0.3 is 0 Å². The predicted molar refractivity (Wildman–Crippen MR) is 70.8 cm³/mol. The second-order valence-corrected chi connectivity index (χ2v) is 4.69. The van der Waals surface area contributed by atoms with Crippen LogP contribution in [0.3, 0.4) is 0 Å². The molecule has 0 atom stereocenters. The Labute approximate surface area is 112 Å². The van der Waals surface area contributed by atoms with E-state index in [1.165, 1.54) is 0 Å². The summed E-state index contributed by atoms with van der Waals surface area (Å²) < 4.78 is 2.64. The number of hydrogen-bond donors (Lipinski definition) is 0. The van der Waals surface area contributed by atoms with E-state index in [0.29, 0.717) is 11.4 Å². The van der Waals surface area contributed by atoms with E-state index in [9.17, 15) is 0 Å². The van der Waals surface area contributed by atoms with Crippen molar-refractivity contribution in [3.05, 3.63) is 52.6 Å². The fourth-order valence-electron chi connectivity index (χ4n) is 1.67. The number of nitriles is 1. The first kappa shape index (κ1) is 10.9. The molecule has 2 aromatic heterocycles. The van der Waals surface area contributed by atoms with Gasteiger partial charge in [-0.1, -0.05) is 28.1 Å². The molecule has 0 fully saturated rings. The van der Waals surface area contributed by atoms with Gasteiger partial charge in [0.2, 0.25) is 0 Å². The van der Waals surface area contributed by atoms with E-state index in [-0.39, 0.29) is 0 Å². The van der Waals surface area contributed by atoms with E-state index in [4.69, 9.17) is 5.26 Å². The number of rotatable bonds is 1. The van der Waals surface area contributed by atoms with Gasteiger partial charge >= 0.3 is 0 Å². The lowest BCUT2D eigenvalue weighted by atomic mass is 10.2. The smallest absolute Gasteiger partial charge is 0.182 e. The summed E-state index contributed by atoms with van der Waals surface area (Å²) in [6.45, 7) is 0. The Morgan fingerprint density at radius 3 is 2.61 bits per heavy atom. The second-order valence-electron chi connectivity index (χ2n) is 3.77. The van der Waals surface area contributed by atoms with E-state index in [1.54, 1.807) is 22.8 Å². The van der Waals surface area contributed by atoms with Crippen LogP contribution in [0.1, 0.15) is 5.56 Å². The summed E-state index contributed by atoms with van der Waals surface area (Å²) in [5, 5.41) is 13.2. The summed E-state index contributed by atoms with van der Waals surface area (Å²) in [5.74, 6) is 0.651. The minimum atomic E-state index is 0.565. The Balaban J connectivity index is 2.13. The zero-order chi connectivity index (χ0) is 12.5. The van der Waals surface area contributed by atoms with Crippen LogP contribution in [0.15, 0.2) is 47.1 Å². The fourth-order valence-corrected chi connectivity index (χ4v) is 1.93. The van der Waals surface area contributed by atoms with Gasteiger partial charge in [0, 0.05) is 16.2 Å². The van der Waals surface area contributed by atoms with Crippen molar-refractivity contribution in [2.24, 2.45) is 0 Å². The molecule has 0 unspecified atom stereocenters. The topological polar surface area (TPSA) is 54.0 Å². The lowest BCUT2D eigenvalue weighted by molar-refractivity contribution is 0.962. The molecule has 0 amide bonds. The average Bonchev–Trinajstić information content (AvgIpc) is 2.82. The van der Waals surface area contributed by atoms with E-state index in [2.05, 4.69) is 32.1 Å². The van der Waals surface area contributed by atoms with Gasteiger partial charge in [0.05, 0.1) is 5.56 Å². The second kappa shape index (κ2) is 4.24. The molecule has 0 radical (unpaired) electrons. The van der Waals surface area contributed by atoms with Crippen LogP contribution >= 0.6 is 15.9 Å². The molecule has 0 saturated heterocycles. The minimum Gasteiger partial charge on any atom is -0.219 e. The van der Waals surface area contributed by atoms with Crippen LogP contribution in [0.5, 0.6) is 0 Å². The van der Waals surface area contributed by atoms with E-state index >= 15 is 0 Å². The van der Waals surface area contributed by atoms with Crippen LogP contribution in [0, 0.1) is 11.3 Å². The van der Waals surface area contributed by atoms with Crippen LogP contribution in [-0.4, -0.2) is 14.6 Å². The molecule has 5 heteroatoms. The molecule has 0 aliphatic rings. The SMILES string of the molecule is N#Cc1ccc2nc(-c3ccc(Br)cc3)nn2c1. The molecule has 0 spiro atoms. The molecular weight excluding hydrogens is 292 g/mol. The van der Waals surface area contributed by atoms with Gasteiger partial charge in [-0.05, 0) is 24.3 Å².